The number of carbonyl (C=O) groups is 1. The molecule has 148 valence electrons. The number of aromatic nitrogens is 2. The number of aromatic amines is 1. The molecule has 4 aliphatic rings. The summed E-state index contributed by atoms with van der Waals surface area (Å²) in [5, 5.41) is 9.56. The SMILES string of the molecule is O=C(O)c1nc(-c2ccc(F)cc2F)[nH]c1CCC12CC3CC(CC(C3)C1)C2. The van der Waals surface area contributed by atoms with E-state index >= 15 is 0 Å². The molecule has 0 saturated heterocycles. The van der Waals surface area contributed by atoms with Crippen molar-refractivity contribution in [2.45, 2.75) is 51.4 Å². The lowest BCUT2D eigenvalue weighted by Gasteiger charge is -2.57. The van der Waals surface area contributed by atoms with E-state index in [0.717, 1.165) is 36.3 Å². The average Bonchev–Trinajstić information content (AvgIpc) is 3.03. The number of nitrogens with zero attached hydrogens (tertiary/aromatic N) is 1. The van der Waals surface area contributed by atoms with Crippen LogP contribution in [0.3, 0.4) is 0 Å². The zero-order valence-electron chi connectivity index (χ0n) is 15.7. The molecule has 4 fully saturated rings. The third-order valence-corrected chi connectivity index (χ3v) is 7.24. The predicted molar refractivity (Wildman–Crippen MR) is 99.8 cm³/mol. The summed E-state index contributed by atoms with van der Waals surface area (Å²) < 4.78 is 27.3. The highest BCUT2D eigenvalue weighted by Gasteiger charge is 2.50. The zero-order chi connectivity index (χ0) is 19.5. The van der Waals surface area contributed by atoms with Gasteiger partial charge in [0, 0.05) is 11.8 Å². The van der Waals surface area contributed by atoms with Gasteiger partial charge in [0.1, 0.15) is 17.5 Å². The molecular weight excluding hydrogens is 362 g/mol. The lowest BCUT2D eigenvalue weighted by molar-refractivity contribution is -0.0571. The number of rotatable bonds is 5. The van der Waals surface area contributed by atoms with Crippen molar-refractivity contribution in [1.82, 2.24) is 9.97 Å². The second-order valence-corrected chi connectivity index (χ2v) is 9.26. The lowest BCUT2D eigenvalue weighted by atomic mass is 9.48. The van der Waals surface area contributed by atoms with E-state index in [1.807, 2.05) is 0 Å². The molecule has 2 N–H and O–H groups in total. The summed E-state index contributed by atoms with van der Waals surface area (Å²) in [6.07, 6.45) is 9.44. The molecule has 0 aliphatic heterocycles. The summed E-state index contributed by atoms with van der Waals surface area (Å²) in [6, 6.07) is 3.22. The molecule has 1 heterocycles. The normalized spacial score (nSPS) is 30.7. The molecule has 4 aliphatic carbocycles. The van der Waals surface area contributed by atoms with E-state index in [1.165, 1.54) is 44.6 Å². The first-order chi connectivity index (χ1) is 13.4. The summed E-state index contributed by atoms with van der Waals surface area (Å²) in [6.45, 7) is 0. The molecule has 1 aromatic heterocycles. The summed E-state index contributed by atoms with van der Waals surface area (Å²) in [5.74, 6) is 0.134. The van der Waals surface area contributed by atoms with Crippen LogP contribution >= 0.6 is 0 Å². The van der Waals surface area contributed by atoms with Gasteiger partial charge < -0.3 is 10.1 Å². The number of benzene rings is 1. The molecule has 4 bridgehead atoms. The maximum atomic E-state index is 14.1. The molecule has 0 atom stereocenters. The standard InChI is InChI=1S/C22H24F2N2O2/c23-15-1-2-16(17(24)8-15)20-25-18(19(26-20)21(27)28)3-4-22-9-12-5-13(10-22)7-14(6-12)11-22/h1-2,8,12-14H,3-7,9-11H2,(H,25,26)(H,27,28). The van der Waals surface area contributed by atoms with Crippen molar-refractivity contribution in [2.24, 2.45) is 23.2 Å². The van der Waals surface area contributed by atoms with Crippen LogP contribution in [-0.4, -0.2) is 21.0 Å². The minimum absolute atomic E-state index is 0.0524. The quantitative estimate of drug-likeness (QED) is 0.742. The number of carboxylic acids is 1. The van der Waals surface area contributed by atoms with Crippen LogP contribution in [0.15, 0.2) is 18.2 Å². The molecule has 2 aromatic rings. The minimum atomic E-state index is -1.12. The van der Waals surface area contributed by atoms with E-state index in [4.69, 9.17) is 0 Å². The van der Waals surface area contributed by atoms with E-state index < -0.39 is 17.6 Å². The number of nitrogens with one attached hydrogen (secondary N) is 1. The Balaban J connectivity index is 1.40. The monoisotopic (exact) mass is 386 g/mol. The Labute approximate surface area is 162 Å². The van der Waals surface area contributed by atoms with E-state index in [9.17, 15) is 18.7 Å². The lowest BCUT2D eigenvalue weighted by Crippen LogP contribution is -2.46. The van der Waals surface area contributed by atoms with Crippen LogP contribution in [0, 0.1) is 34.8 Å². The molecule has 0 radical (unpaired) electrons. The van der Waals surface area contributed by atoms with Gasteiger partial charge in [-0.1, -0.05) is 0 Å². The van der Waals surface area contributed by atoms with Gasteiger partial charge in [-0.25, -0.2) is 18.6 Å². The average molecular weight is 386 g/mol. The van der Waals surface area contributed by atoms with Crippen molar-refractivity contribution < 1.29 is 18.7 Å². The number of imidazole rings is 1. The molecule has 0 amide bonds. The second-order valence-electron chi connectivity index (χ2n) is 9.26. The number of halogens is 2. The maximum absolute atomic E-state index is 14.1. The number of aromatic carboxylic acids is 1. The molecule has 28 heavy (non-hydrogen) atoms. The first kappa shape index (κ1) is 17.8. The Kier molecular flexibility index (Phi) is 4.07. The van der Waals surface area contributed by atoms with Gasteiger partial charge in [0.05, 0.1) is 5.56 Å². The van der Waals surface area contributed by atoms with Crippen molar-refractivity contribution in [2.75, 3.05) is 0 Å². The van der Waals surface area contributed by atoms with E-state index in [2.05, 4.69) is 9.97 Å². The fourth-order valence-corrected chi connectivity index (χ4v) is 6.56. The first-order valence-electron chi connectivity index (χ1n) is 10.2. The second kappa shape index (κ2) is 6.39. The number of H-pyrrole nitrogens is 1. The topological polar surface area (TPSA) is 66.0 Å². The van der Waals surface area contributed by atoms with Crippen molar-refractivity contribution in [3.63, 3.8) is 0 Å². The molecule has 1 aromatic carbocycles. The van der Waals surface area contributed by atoms with Gasteiger partial charge in [-0.05, 0) is 86.7 Å². The summed E-state index contributed by atoms with van der Waals surface area (Å²) in [7, 11) is 0. The molecular formula is C22H24F2N2O2. The third kappa shape index (κ3) is 3.03. The molecule has 6 rings (SSSR count). The highest BCUT2D eigenvalue weighted by atomic mass is 19.1. The fraction of sp³-hybridized carbons (Fsp3) is 0.545. The molecule has 4 saturated carbocycles. The van der Waals surface area contributed by atoms with E-state index in [0.29, 0.717) is 17.5 Å². The number of hydrogen-bond donors (Lipinski definition) is 2. The summed E-state index contributed by atoms with van der Waals surface area (Å²) in [5.41, 5.74) is 0.909. The highest BCUT2D eigenvalue weighted by molar-refractivity contribution is 5.87. The Bertz CT molecular complexity index is 901. The predicted octanol–water partition coefficient (Wildman–Crippen LogP) is 5.20. The van der Waals surface area contributed by atoms with E-state index in [-0.39, 0.29) is 17.1 Å². The van der Waals surface area contributed by atoms with Crippen LogP contribution in [0.25, 0.3) is 11.4 Å². The van der Waals surface area contributed by atoms with Crippen LogP contribution in [0.2, 0.25) is 0 Å². The van der Waals surface area contributed by atoms with Crippen LogP contribution in [0.5, 0.6) is 0 Å². The van der Waals surface area contributed by atoms with Gasteiger partial charge in [0.2, 0.25) is 0 Å². The van der Waals surface area contributed by atoms with Gasteiger partial charge in [0.15, 0.2) is 5.69 Å². The molecule has 6 heteroatoms. The van der Waals surface area contributed by atoms with Gasteiger partial charge in [-0.15, -0.1) is 0 Å². The van der Waals surface area contributed by atoms with Crippen molar-refractivity contribution in [3.05, 3.63) is 41.2 Å². The Morgan fingerprint density at radius 2 is 1.79 bits per heavy atom. The Morgan fingerprint density at radius 1 is 1.14 bits per heavy atom. The zero-order valence-corrected chi connectivity index (χ0v) is 15.7. The smallest absolute Gasteiger partial charge is 0.356 e. The maximum Gasteiger partial charge on any atom is 0.356 e. The minimum Gasteiger partial charge on any atom is -0.476 e. The van der Waals surface area contributed by atoms with Crippen LogP contribution in [-0.2, 0) is 6.42 Å². The summed E-state index contributed by atoms with van der Waals surface area (Å²) in [4.78, 5) is 18.8. The third-order valence-electron chi connectivity index (χ3n) is 7.24. The first-order valence-corrected chi connectivity index (χ1v) is 10.2. The molecule has 4 nitrogen and oxygen atoms in total. The molecule has 0 unspecified atom stereocenters. The van der Waals surface area contributed by atoms with Crippen LogP contribution < -0.4 is 0 Å². The highest BCUT2D eigenvalue weighted by Crippen LogP contribution is 2.61. The van der Waals surface area contributed by atoms with Crippen molar-refractivity contribution in [1.29, 1.82) is 0 Å². The number of aryl methyl sites for hydroxylation is 1. The molecule has 0 spiro atoms. The van der Waals surface area contributed by atoms with E-state index in [1.54, 1.807) is 0 Å². The number of hydrogen-bond acceptors (Lipinski definition) is 2. The van der Waals surface area contributed by atoms with Gasteiger partial charge in [0.25, 0.3) is 0 Å². The Morgan fingerprint density at radius 3 is 2.36 bits per heavy atom. The summed E-state index contributed by atoms with van der Waals surface area (Å²) >= 11 is 0. The van der Waals surface area contributed by atoms with Crippen LogP contribution in [0.1, 0.15) is 61.1 Å². The van der Waals surface area contributed by atoms with Crippen molar-refractivity contribution in [3.8, 4) is 11.4 Å². The van der Waals surface area contributed by atoms with Crippen LogP contribution in [0.4, 0.5) is 8.78 Å². The largest absolute Gasteiger partial charge is 0.476 e. The Hall–Kier alpha value is -2.24. The van der Waals surface area contributed by atoms with Gasteiger partial charge in [-0.3, -0.25) is 0 Å². The van der Waals surface area contributed by atoms with Crippen molar-refractivity contribution >= 4 is 5.97 Å². The fourth-order valence-electron chi connectivity index (χ4n) is 6.56. The number of carboxylic acid groups (broad SMARTS) is 1. The van der Waals surface area contributed by atoms with Gasteiger partial charge in [-0.2, -0.15) is 0 Å². The van der Waals surface area contributed by atoms with Gasteiger partial charge >= 0.3 is 5.97 Å².